The molecule has 18 heavy (non-hydrogen) atoms. The summed E-state index contributed by atoms with van der Waals surface area (Å²) in [5.74, 6) is 3.12. The van der Waals surface area contributed by atoms with Gasteiger partial charge in [-0.3, -0.25) is 0 Å². The van der Waals surface area contributed by atoms with E-state index >= 15 is 0 Å². The quantitative estimate of drug-likeness (QED) is 0.893. The Kier molecular flexibility index (Phi) is 3.33. The zero-order valence-corrected chi connectivity index (χ0v) is 11.2. The molecule has 98 valence electrons. The summed E-state index contributed by atoms with van der Waals surface area (Å²) < 4.78 is 2.02. The SMILES string of the molecule is O=C(O)C1CCCc2cnc(C3CCSCC3)n21. The molecule has 3 rings (SSSR count). The molecule has 4 nitrogen and oxygen atoms in total. The molecule has 2 aliphatic rings. The molecule has 1 saturated heterocycles. The number of aromatic nitrogens is 2. The van der Waals surface area contributed by atoms with Crippen molar-refractivity contribution < 1.29 is 9.90 Å². The zero-order valence-electron chi connectivity index (χ0n) is 10.3. The Hall–Kier alpha value is -0.970. The van der Waals surface area contributed by atoms with Gasteiger partial charge in [0.25, 0.3) is 0 Å². The number of rotatable bonds is 2. The molecular formula is C13H18N2O2S. The fourth-order valence-corrected chi connectivity index (χ4v) is 4.16. The summed E-state index contributed by atoms with van der Waals surface area (Å²) in [6.07, 6.45) is 6.83. The number of aliphatic carboxylic acids is 1. The van der Waals surface area contributed by atoms with Gasteiger partial charge >= 0.3 is 5.97 Å². The van der Waals surface area contributed by atoms with Crippen molar-refractivity contribution in [2.75, 3.05) is 11.5 Å². The Morgan fingerprint density at radius 1 is 1.39 bits per heavy atom. The minimum atomic E-state index is -0.708. The first-order chi connectivity index (χ1) is 8.77. The van der Waals surface area contributed by atoms with Gasteiger partial charge in [0.05, 0.1) is 0 Å². The Balaban J connectivity index is 1.96. The lowest BCUT2D eigenvalue weighted by Gasteiger charge is -2.28. The molecular weight excluding hydrogens is 248 g/mol. The summed E-state index contributed by atoms with van der Waals surface area (Å²) in [5, 5.41) is 9.37. The highest BCUT2D eigenvalue weighted by Gasteiger charge is 2.31. The third-order valence-electron chi connectivity index (χ3n) is 4.00. The van der Waals surface area contributed by atoms with Crippen LogP contribution in [0.5, 0.6) is 0 Å². The second-order valence-electron chi connectivity index (χ2n) is 5.11. The van der Waals surface area contributed by atoms with E-state index in [4.69, 9.17) is 0 Å². The predicted octanol–water partition coefficient (Wildman–Crippen LogP) is 2.46. The molecule has 0 saturated carbocycles. The minimum absolute atomic E-state index is 0.388. The number of thioether (sulfide) groups is 1. The largest absolute Gasteiger partial charge is 0.480 e. The Bertz CT molecular complexity index is 452. The number of hydrogen-bond donors (Lipinski definition) is 1. The number of nitrogens with zero attached hydrogens (tertiary/aromatic N) is 2. The van der Waals surface area contributed by atoms with Crippen molar-refractivity contribution in [3.05, 3.63) is 17.7 Å². The highest BCUT2D eigenvalue weighted by Crippen LogP contribution is 2.35. The third kappa shape index (κ3) is 2.05. The van der Waals surface area contributed by atoms with E-state index in [1.165, 1.54) is 11.5 Å². The van der Waals surface area contributed by atoms with Crippen LogP contribution in [-0.2, 0) is 11.2 Å². The normalized spacial score (nSPS) is 24.8. The van der Waals surface area contributed by atoms with Crippen LogP contribution >= 0.6 is 11.8 Å². The van der Waals surface area contributed by atoms with Gasteiger partial charge in [0.2, 0.25) is 0 Å². The first-order valence-electron chi connectivity index (χ1n) is 6.64. The maximum Gasteiger partial charge on any atom is 0.326 e. The van der Waals surface area contributed by atoms with E-state index in [1.807, 2.05) is 22.5 Å². The smallest absolute Gasteiger partial charge is 0.326 e. The van der Waals surface area contributed by atoms with Crippen LogP contribution in [0, 0.1) is 0 Å². The number of imidazole rings is 1. The molecule has 3 heterocycles. The monoisotopic (exact) mass is 266 g/mol. The minimum Gasteiger partial charge on any atom is -0.480 e. The molecule has 0 radical (unpaired) electrons. The van der Waals surface area contributed by atoms with Gasteiger partial charge in [-0.15, -0.1) is 0 Å². The van der Waals surface area contributed by atoms with Crippen molar-refractivity contribution >= 4 is 17.7 Å². The van der Waals surface area contributed by atoms with Crippen molar-refractivity contribution in [2.24, 2.45) is 0 Å². The second kappa shape index (κ2) is 4.96. The number of aryl methyl sites for hydroxylation is 1. The summed E-state index contributed by atoms with van der Waals surface area (Å²) in [6, 6.07) is -0.388. The van der Waals surface area contributed by atoms with Crippen LogP contribution in [-0.4, -0.2) is 32.1 Å². The molecule has 1 aromatic rings. The van der Waals surface area contributed by atoms with Gasteiger partial charge in [-0.1, -0.05) is 0 Å². The van der Waals surface area contributed by atoms with E-state index in [-0.39, 0.29) is 6.04 Å². The van der Waals surface area contributed by atoms with Crippen molar-refractivity contribution in [2.45, 2.75) is 44.1 Å². The van der Waals surface area contributed by atoms with Crippen LogP contribution < -0.4 is 0 Å². The molecule has 1 N–H and O–H groups in total. The number of hydrogen-bond acceptors (Lipinski definition) is 3. The van der Waals surface area contributed by atoms with Gasteiger partial charge in [0.15, 0.2) is 0 Å². The second-order valence-corrected chi connectivity index (χ2v) is 6.34. The van der Waals surface area contributed by atoms with Crippen LogP contribution in [0.1, 0.15) is 49.2 Å². The van der Waals surface area contributed by atoms with Gasteiger partial charge in [-0.2, -0.15) is 11.8 Å². The number of carboxylic acid groups (broad SMARTS) is 1. The molecule has 0 aliphatic carbocycles. The van der Waals surface area contributed by atoms with Crippen molar-refractivity contribution in [1.82, 2.24) is 9.55 Å². The molecule has 1 fully saturated rings. The predicted molar refractivity (Wildman–Crippen MR) is 71.1 cm³/mol. The Labute approximate surface area is 111 Å². The molecule has 0 amide bonds. The Morgan fingerprint density at radius 3 is 2.89 bits per heavy atom. The van der Waals surface area contributed by atoms with Crippen LogP contribution in [0.25, 0.3) is 0 Å². The van der Waals surface area contributed by atoms with Gasteiger partial charge < -0.3 is 9.67 Å². The third-order valence-corrected chi connectivity index (χ3v) is 5.04. The lowest BCUT2D eigenvalue weighted by atomic mass is 9.98. The standard InChI is InChI=1S/C13H18N2O2S/c16-13(17)11-3-1-2-10-8-14-12(15(10)11)9-4-6-18-7-5-9/h8-9,11H,1-7H2,(H,16,17). The van der Waals surface area contributed by atoms with Crippen molar-refractivity contribution in [1.29, 1.82) is 0 Å². The topological polar surface area (TPSA) is 55.1 Å². The number of carboxylic acids is 1. The van der Waals surface area contributed by atoms with E-state index in [0.29, 0.717) is 5.92 Å². The van der Waals surface area contributed by atoms with Gasteiger partial charge in [0, 0.05) is 17.8 Å². The fraction of sp³-hybridized carbons (Fsp3) is 0.692. The summed E-state index contributed by atoms with van der Waals surface area (Å²) in [4.78, 5) is 15.9. The maximum absolute atomic E-state index is 11.4. The van der Waals surface area contributed by atoms with E-state index in [0.717, 1.165) is 43.6 Å². The Morgan fingerprint density at radius 2 is 2.17 bits per heavy atom. The van der Waals surface area contributed by atoms with Gasteiger partial charge in [-0.05, 0) is 43.6 Å². The molecule has 1 aromatic heterocycles. The van der Waals surface area contributed by atoms with Crippen LogP contribution in [0.15, 0.2) is 6.20 Å². The number of fused-ring (bicyclic) bond motifs is 1. The van der Waals surface area contributed by atoms with Gasteiger partial charge in [-0.25, -0.2) is 9.78 Å². The fourth-order valence-electron chi connectivity index (χ4n) is 3.05. The molecule has 5 heteroatoms. The average Bonchev–Trinajstić information content (AvgIpc) is 2.83. The van der Waals surface area contributed by atoms with E-state index in [2.05, 4.69) is 4.98 Å². The van der Waals surface area contributed by atoms with Crippen molar-refractivity contribution in [3.8, 4) is 0 Å². The van der Waals surface area contributed by atoms with Crippen molar-refractivity contribution in [3.63, 3.8) is 0 Å². The lowest BCUT2D eigenvalue weighted by molar-refractivity contribution is -0.141. The molecule has 1 atom stereocenters. The molecule has 1 unspecified atom stereocenters. The maximum atomic E-state index is 11.4. The molecule has 0 bridgehead atoms. The van der Waals surface area contributed by atoms with Crippen LogP contribution in [0.3, 0.4) is 0 Å². The lowest BCUT2D eigenvalue weighted by Crippen LogP contribution is -2.28. The van der Waals surface area contributed by atoms with Gasteiger partial charge in [0.1, 0.15) is 11.9 Å². The van der Waals surface area contributed by atoms with Crippen LogP contribution in [0.2, 0.25) is 0 Å². The molecule has 0 aromatic carbocycles. The summed E-state index contributed by atoms with van der Waals surface area (Å²) >= 11 is 1.99. The van der Waals surface area contributed by atoms with Crippen LogP contribution in [0.4, 0.5) is 0 Å². The first kappa shape index (κ1) is 12.1. The summed E-state index contributed by atoms with van der Waals surface area (Å²) in [7, 11) is 0. The van der Waals surface area contributed by atoms with E-state index in [9.17, 15) is 9.90 Å². The molecule has 2 aliphatic heterocycles. The summed E-state index contributed by atoms with van der Waals surface area (Å²) in [6.45, 7) is 0. The average molecular weight is 266 g/mol. The molecule has 0 spiro atoms. The zero-order chi connectivity index (χ0) is 12.5. The van der Waals surface area contributed by atoms with E-state index in [1.54, 1.807) is 0 Å². The summed E-state index contributed by atoms with van der Waals surface area (Å²) in [5.41, 5.74) is 1.11. The highest BCUT2D eigenvalue weighted by molar-refractivity contribution is 7.99. The number of carbonyl (C=O) groups is 1. The highest BCUT2D eigenvalue weighted by atomic mass is 32.2. The first-order valence-corrected chi connectivity index (χ1v) is 7.79. The van der Waals surface area contributed by atoms with E-state index < -0.39 is 5.97 Å².